The van der Waals surface area contributed by atoms with Gasteiger partial charge in [-0.1, -0.05) is 30.7 Å². The van der Waals surface area contributed by atoms with E-state index in [1.54, 1.807) is 0 Å². The van der Waals surface area contributed by atoms with E-state index >= 15 is 0 Å². The molecule has 0 aliphatic heterocycles. The van der Waals surface area contributed by atoms with Crippen molar-refractivity contribution in [2.45, 2.75) is 53.1 Å². The molecule has 0 fully saturated rings. The van der Waals surface area contributed by atoms with Crippen LogP contribution in [0.25, 0.3) is 10.6 Å². The fourth-order valence-electron chi connectivity index (χ4n) is 2.04. The molecule has 0 amide bonds. The Labute approximate surface area is 126 Å². The van der Waals surface area contributed by atoms with Crippen molar-refractivity contribution in [2.24, 2.45) is 0 Å². The molecule has 0 saturated heterocycles. The Morgan fingerprint density at radius 2 is 2.00 bits per heavy atom. The lowest BCUT2D eigenvalue weighted by atomic mass is 10.1. The van der Waals surface area contributed by atoms with Crippen molar-refractivity contribution < 1.29 is 0 Å². The van der Waals surface area contributed by atoms with Crippen molar-refractivity contribution in [3.63, 3.8) is 0 Å². The molecule has 0 saturated carbocycles. The second kappa shape index (κ2) is 6.06. The van der Waals surface area contributed by atoms with Gasteiger partial charge in [0.2, 0.25) is 0 Å². The van der Waals surface area contributed by atoms with E-state index in [0.717, 1.165) is 18.0 Å². The predicted octanol–water partition coefficient (Wildman–Crippen LogP) is 4.57. The Hall–Kier alpha value is -1.19. The third-order valence-electron chi connectivity index (χ3n) is 3.16. The minimum absolute atomic E-state index is 0.137. The number of aromatic nitrogens is 1. The Kier molecular flexibility index (Phi) is 4.61. The fourth-order valence-corrected chi connectivity index (χ4v) is 3.13. The first-order valence-corrected chi connectivity index (χ1v) is 8.01. The average molecular weight is 288 g/mol. The van der Waals surface area contributed by atoms with Gasteiger partial charge < -0.3 is 5.32 Å². The van der Waals surface area contributed by atoms with Gasteiger partial charge in [0.05, 0.1) is 5.69 Å². The maximum Gasteiger partial charge on any atom is 0.123 e. The van der Waals surface area contributed by atoms with Crippen LogP contribution in [-0.4, -0.2) is 10.5 Å². The monoisotopic (exact) mass is 288 g/mol. The maximum atomic E-state index is 4.82. The zero-order valence-electron chi connectivity index (χ0n) is 13.1. The first-order valence-electron chi connectivity index (χ1n) is 7.19. The van der Waals surface area contributed by atoms with E-state index in [2.05, 4.69) is 64.2 Å². The number of nitrogens with one attached hydrogen (secondary N) is 1. The molecule has 0 spiro atoms. The fraction of sp³-hybridized carbons (Fsp3) is 0.471. The standard InChI is InChI=1S/C17H24N2S/c1-6-14-15(11-18-17(3,4)5)20-16(19-14)13-9-7-8-12(2)10-13/h7-10,18H,6,11H2,1-5H3. The molecule has 0 aliphatic carbocycles. The first-order chi connectivity index (χ1) is 9.39. The van der Waals surface area contributed by atoms with Gasteiger partial charge in [0.1, 0.15) is 5.01 Å². The maximum absolute atomic E-state index is 4.82. The molecule has 2 rings (SSSR count). The van der Waals surface area contributed by atoms with Gasteiger partial charge in [0.15, 0.2) is 0 Å². The predicted molar refractivity (Wildman–Crippen MR) is 88.3 cm³/mol. The lowest BCUT2D eigenvalue weighted by Gasteiger charge is -2.20. The van der Waals surface area contributed by atoms with Crippen molar-refractivity contribution in [2.75, 3.05) is 0 Å². The van der Waals surface area contributed by atoms with Crippen molar-refractivity contribution in [1.82, 2.24) is 10.3 Å². The highest BCUT2D eigenvalue weighted by Gasteiger charge is 2.14. The number of benzene rings is 1. The molecule has 1 heterocycles. The van der Waals surface area contributed by atoms with E-state index < -0.39 is 0 Å². The summed E-state index contributed by atoms with van der Waals surface area (Å²) in [5, 5.41) is 4.69. The molecule has 2 nitrogen and oxygen atoms in total. The Balaban J connectivity index is 2.26. The quantitative estimate of drug-likeness (QED) is 0.891. The summed E-state index contributed by atoms with van der Waals surface area (Å²) < 4.78 is 0. The summed E-state index contributed by atoms with van der Waals surface area (Å²) in [6, 6.07) is 8.58. The van der Waals surface area contributed by atoms with Crippen LogP contribution < -0.4 is 5.32 Å². The topological polar surface area (TPSA) is 24.9 Å². The number of rotatable bonds is 4. The van der Waals surface area contributed by atoms with Gasteiger partial charge in [-0.05, 0) is 40.2 Å². The molecular weight excluding hydrogens is 264 g/mol. The minimum Gasteiger partial charge on any atom is -0.307 e. The third kappa shape index (κ3) is 3.90. The van der Waals surface area contributed by atoms with E-state index in [0.29, 0.717) is 0 Å². The van der Waals surface area contributed by atoms with Crippen molar-refractivity contribution in [3.05, 3.63) is 40.4 Å². The smallest absolute Gasteiger partial charge is 0.123 e. The van der Waals surface area contributed by atoms with Crippen LogP contribution in [0.2, 0.25) is 0 Å². The molecule has 0 unspecified atom stereocenters. The van der Waals surface area contributed by atoms with Gasteiger partial charge in [-0.15, -0.1) is 11.3 Å². The van der Waals surface area contributed by atoms with Crippen LogP contribution in [-0.2, 0) is 13.0 Å². The normalized spacial score (nSPS) is 11.8. The van der Waals surface area contributed by atoms with Gasteiger partial charge in [-0.2, -0.15) is 0 Å². The van der Waals surface area contributed by atoms with Crippen LogP contribution in [0.15, 0.2) is 24.3 Å². The van der Waals surface area contributed by atoms with Gasteiger partial charge in [0.25, 0.3) is 0 Å². The lowest BCUT2D eigenvalue weighted by Crippen LogP contribution is -2.35. The summed E-state index contributed by atoms with van der Waals surface area (Å²) in [5.74, 6) is 0. The van der Waals surface area contributed by atoms with E-state index in [4.69, 9.17) is 4.98 Å². The van der Waals surface area contributed by atoms with E-state index in [9.17, 15) is 0 Å². The van der Waals surface area contributed by atoms with E-state index in [1.165, 1.54) is 21.7 Å². The van der Waals surface area contributed by atoms with Gasteiger partial charge >= 0.3 is 0 Å². The van der Waals surface area contributed by atoms with Crippen molar-refractivity contribution in [3.8, 4) is 10.6 Å². The molecule has 2 aromatic rings. The summed E-state index contributed by atoms with van der Waals surface area (Å²) >= 11 is 1.81. The first kappa shape index (κ1) is 15.2. The molecule has 20 heavy (non-hydrogen) atoms. The summed E-state index contributed by atoms with van der Waals surface area (Å²) in [7, 11) is 0. The number of aryl methyl sites for hydroxylation is 2. The molecular formula is C17H24N2S. The zero-order chi connectivity index (χ0) is 14.8. The summed E-state index contributed by atoms with van der Waals surface area (Å²) in [4.78, 5) is 6.18. The van der Waals surface area contributed by atoms with Crippen molar-refractivity contribution in [1.29, 1.82) is 0 Å². The third-order valence-corrected chi connectivity index (χ3v) is 4.30. The molecule has 3 heteroatoms. The highest BCUT2D eigenvalue weighted by atomic mass is 32.1. The molecule has 1 aromatic carbocycles. The summed E-state index contributed by atoms with van der Waals surface area (Å²) in [6.07, 6.45) is 0.990. The molecule has 0 aliphatic rings. The Morgan fingerprint density at radius 1 is 1.25 bits per heavy atom. The highest BCUT2D eigenvalue weighted by molar-refractivity contribution is 7.15. The van der Waals surface area contributed by atoms with Gasteiger partial charge in [0, 0.05) is 22.5 Å². The SMILES string of the molecule is CCc1nc(-c2cccc(C)c2)sc1CNC(C)(C)C. The zero-order valence-corrected chi connectivity index (χ0v) is 13.9. The molecule has 0 bridgehead atoms. The molecule has 0 radical (unpaired) electrons. The Morgan fingerprint density at radius 3 is 2.60 bits per heavy atom. The lowest BCUT2D eigenvalue weighted by molar-refractivity contribution is 0.425. The van der Waals surface area contributed by atoms with Crippen LogP contribution in [0.3, 0.4) is 0 Å². The number of hydrogen-bond acceptors (Lipinski definition) is 3. The van der Waals surface area contributed by atoms with Crippen LogP contribution in [0.5, 0.6) is 0 Å². The summed E-state index contributed by atoms with van der Waals surface area (Å²) in [6.45, 7) is 11.8. The van der Waals surface area contributed by atoms with Crippen LogP contribution in [0.4, 0.5) is 0 Å². The number of thiazole rings is 1. The molecule has 0 atom stereocenters. The van der Waals surface area contributed by atoms with Gasteiger partial charge in [-0.25, -0.2) is 4.98 Å². The van der Waals surface area contributed by atoms with E-state index in [-0.39, 0.29) is 5.54 Å². The molecule has 108 valence electrons. The summed E-state index contributed by atoms with van der Waals surface area (Å²) in [5.41, 5.74) is 3.87. The average Bonchev–Trinajstić information content (AvgIpc) is 2.79. The second-order valence-corrected chi connectivity index (χ2v) is 7.30. The highest BCUT2D eigenvalue weighted by Crippen LogP contribution is 2.29. The number of nitrogens with zero attached hydrogens (tertiary/aromatic N) is 1. The van der Waals surface area contributed by atoms with Crippen LogP contribution >= 0.6 is 11.3 Å². The molecule has 1 N–H and O–H groups in total. The van der Waals surface area contributed by atoms with Crippen LogP contribution in [0.1, 0.15) is 43.8 Å². The largest absolute Gasteiger partial charge is 0.307 e. The minimum atomic E-state index is 0.137. The second-order valence-electron chi connectivity index (χ2n) is 6.22. The Bertz CT molecular complexity index is 579. The molecule has 1 aromatic heterocycles. The van der Waals surface area contributed by atoms with Crippen LogP contribution in [0, 0.1) is 6.92 Å². The van der Waals surface area contributed by atoms with E-state index in [1.807, 2.05) is 11.3 Å². The van der Waals surface area contributed by atoms with Gasteiger partial charge in [-0.3, -0.25) is 0 Å². The number of hydrogen-bond donors (Lipinski definition) is 1. The van der Waals surface area contributed by atoms with Crippen molar-refractivity contribution >= 4 is 11.3 Å².